The minimum atomic E-state index is 0.0110. The monoisotopic (exact) mass is 271 g/mol. The molecule has 3 nitrogen and oxygen atoms in total. The largest absolute Gasteiger partial charge is 0.476 e. The standard InChI is InChI=1S/C14H26NO2P/c1-7-10(3)12(11(4)16)13(15-6)17-9-14(5,18)8-2/h7-9,18H2,1-6H3/b12-10+,15-13+. The van der Waals surface area contributed by atoms with Crippen molar-refractivity contribution in [3.8, 4) is 0 Å². The van der Waals surface area contributed by atoms with Gasteiger partial charge in [-0.15, -0.1) is 9.24 Å². The van der Waals surface area contributed by atoms with E-state index in [-0.39, 0.29) is 10.9 Å². The maximum Gasteiger partial charge on any atom is 0.219 e. The molecule has 0 aliphatic carbocycles. The second-order valence-corrected chi connectivity index (χ2v) is 6.28. The lowest BCUT2D eigenvalue weighted by atomic mass is 10.0. The summed E-state index contributed by atoms with van der Waals surface area (Å²) in [7, 11) is 4.45. The number of hydrogen-bond acceptors (Lipinski definition) is 3. The van der Waals surface area contributed by atoms with Gasteiger partial charge in [0.25, 0.3) is 0 Å². The average Bonchev–Trinajstić information content (AvgIpc) is 2.33. The maximum atomic E-state index is 11.7. The molecule has 0 aromatic rings. The van der Waals surface area contributed by atoms with Gasteiger partial charge in [-0.05, 0) is 26.7 Å². The number of carbonyl (C=O) groups is 1. The van der Waals surface area contributed by atoms with Crippen LogP contribution in [0.15, 0.2) is 16.1 Å². The van der Waals surface area contributed by atoms with Gasteiger partial charge >= 0.3 is 0 Å². The number of rotatable bonds is 6. The molecular formula is C14H26NO2P. The summed E-state index contributed by atoms with van der Waals surface area (Å²) < 4.78 is 5.74. The van der Waals surface area contributed by atoms with Gasteiger partial charge in [0.15, 0.2) is 5.78 Å². The Bertz CT molecular complexity index is 357. The first-order valence-electron chi connectivity index (χ1n) is 6.38. The van der Waals surface area contributed by atoms with Gasteiger partial charge in [-0.3, -0.25) is 9.79 Å². The molecule has 0 amide bonds. The Balaban J connectivity index is 5.04. The molecule has 0 saturated heterocycles. The molecule has 0 N–H and O–H groups in total. The van der Waals surface area contributed by atoms with Crippen molar-refractivity contribution < 1.29 is 9.53 Å². The first-order valence-corrected chi connectivity index (χ1v) is 6.96. The van der Waals surface area contributed by atoms with E-state index in [1.54, 1.807) is 14.0 Å². The molecule has 0 saturated carbocycles. The third-order valence-electron chi connectivity index (χ3n) is 3.07. The van der Waals surface area contributed by atoms with Crippen molar-refractivity contribution in [2.75, 3.05) is 13.7 Å². The number of ketones is 1. The lowest BCUT2D eigenvalue weighted by Crippen LogP contribution is -2.26. The second-order valence-electron chi connectivity index (χ2n) is 4.89. The molecule has 0 heterocycles. The Hall–Kier alpha value is -0.690. The third kappa shape index (κ3) is 5.30. The van der Waals surface area contributed by atoms with E-state index in [1.807, 2.05) is 13.8 Å². The lowest BCUT2D eigenvalue weighted by molar-refractivity contribution is -0.113. The van der Waals surface area contributed by atoms with E-state index in [0.29, 0.717) is 18.1 Å². The quantitative estimate of drug-likeness (QED) is 0.321. The van der Waals surface area contributed by atoms with E-state index >= 15 is 0 Å². The van der Waals surface area contributed by atoms with Crippen LogP contribution in [0.25, 0.3) is 0 Å². The normalized spacial score (nSPS) is 16.9. The highest BCUT2D eigenvalue weighted by Crippen LogP contribution is 2.23. The zero-order valence-electron chi connectivity index (χ0n) is 12.5. The Labute approximate surface area is 113 Å². The SMILES string of the molecule is CC/C(C)=C(C(C)=O)/C(=N\C)OCC(C)(P)CC. The van der Waals surface area contributed by atoms with Gasteiger partial charge in [-0.25, -0.2) is 0 Å². The fourth-order valence-electron chi connectivity index (χ4n) is 1.39. The topological polar surface area (TPSA) is 38.7 Å². The molecule has 0 aliphatic rings. The molecule has 0 fully saturated rings. The minimum Gasteiger partial charge on any atom is -0.476 e. The van der Waals surface area contributed by atoms with Crippen LogP contribution in [0.1, 0.15) is 47.5 Å². The number of nitrogens with zero attached hydrogens (tertiary/aromatic N) is 1. The van der Waals surface area contributed by atoms with Crippen LogP contribution >= 0.6 is 9.24 Å². The van der Waals surface area contributed by atoms with E-state index in [1.165, 1.54) is 0 Å². The highest BCUT2D eigenvalue weighted by Gasteiger charge is 2.21. The zero-order valence-corrected chi connectivity index (χ0v) is 13.6. The average molecular weight is 271 g/mol. The van der Waals surface area contributed by atoms with Crippen LogP contribution in [0, 0.1) is 0 Å². The Morgan fingerprint density at radius 1 is 1.33 bits per heavy atom. The van der Waals surface area contributed by atoms with Gasteiger partial charge in [0.1, 0.15) is 0 Å². The predicted octanol–water partition coefficient (Wildman–Crippen LogP) is 3.39. The van der Waals surface area contributed by atoms with Gasteiger partial charge in [-0.2, -0.15) is 0 Å². The highest BCUT2D eigenvalue weighted by atomic mass is 31.0. The molecule has 0 aliphatic heterocycles. The molecule has 18 heavy (non-hydrogen) atoms. The van der Waals surface area contributed by atoms with E-state index < -0.39 is 0 Å². The fourth-order valence-corrected chi connectivity index (χ4v) is 1.48. The molecule has 2 unspecified atom stereocenters. The van der Waals surface area contributed by atoms with Crippen molar-refractivity contribution in [1.29, 1.82) is 0 Å². The molecule has 104 valence electrons. The first-order chi connectivity index (χ1) is 8.29. The molecule has 0 radical (unpaired) electrons. The number of aliphatic imine (C=N–C) groups is 1. The van der Waals surface area contributed by atoms with E-state index in [2.05, 4.69) is 28.1 Å². The zero-order chi connectivity index (χ0) is 14.3. The van der Waals surface area contributed by atoms with Gasteiger partial charge < -0.3 is 4.74 Å². The summed E-state index contributed by atoms with van der Waals surface area (Å²) in [4.78, 5) is 15.8. The summed E-state index contributed by atoms with van der Waals surface area (Å²) in [6, 6.07) is 0. The van der Waals surface area contributed by atoms with Crippen LogP contribution in [0.2, 0.25) is 0 Å². The van der Waals surface area contributed by atoms with Crippen LogP contribution in [-0.4, -0.2) is 30.5 Å². The van der Waals surface area contributed by atoms with Crippen LogP contribution < -0.4 is 0 Å². The molecule has 2 atom stereocenters. The molecule has 0 rings (SSSR count). The molecular weight excluding hydrogens is 245 g/mol. The Morgan fingerprint density at radius 3 is 2.22 bits per heavy atom. The van der Waals surface area contributed by atoms with E-state index in [9.17, 15) is 4.79 Å². The van der Waals surface area contributed by atoms with Crippen molar-refractivity contribution >= 4 is 20.9 Å². The fraction of sp³-hybridized carbons (Fsp3) is 0.714. The Kier molecular flexibility index (Phi) is 7.39. The first kappa shape index (κ1) is 17.3. The minimum absolute atomic E-state index is 0.0110. The maximum absolute atomic E-state index is 11.7. The molecule has 0 spiro atoms. The van der Waals surface area contributed by atoms with Crippen LogP contribution in [0.3, 0.4) is 0 Å². The molecule has 0 aromatic heterocycles. The van der Waals surface area contributed by atoms with Gasteiger partial charge in [-0.1, -0.05) is 26.3 Å². The van der Waals surface area contributed by atoms with Gasteiger partial charge in [0.2, 0.25) is 5.90 Å². The summed E-state index contributed by atoms with van der Waals surface area (Å²) in [6.07, 6.45) is 1.81. The Morgan fingerprint density at radius 2 is 1.89 bits per heavy atom. The van der Waals surface area contributed by atoms with E-state index in [0.717, 1.165) is 18.4 Å². The van der Waals surface area contributed by atoms with Gasteiger partial charge in [0, 0.05) is 12.2 Å². The van der Waals surface area contributed by atoms with Crippen molar-refractivity contribution in [3.63, 3.8) is 0 Å². The number of ether oxygens (including phenoxy) is 1. The van der Waals surface area contributed by atoms with E-state index in [4.69, 9.17) is 4.74 Å². The van der Waals surface area contributed by atoms with Gasteiger partial charge in [0.05, 0.1) is 12.2 Å². The van der Waals surface area contributed by atoms with Crippen LogP contribution in [-0.2, 0) is 9.53 Å². The molecule has 0 bridgehead atoms. The van der Waals surface area contributed by atoms with Crippen molar-refractivity contribution in [1.82, 2.24) is 0 Å². The van der Waals surface area contributed by atoms with Crippen molar-refractivity contribution in [2.45, 2.75) is 52.6 Å². The summed E-state index contributed by atoms with van der Waals surface area (Å²) >= 11 is 0. The lowest BCUT2D eigenvalue weighted by Gasteiger charge is -2.23. The second kappa shape index (κ2) is 7.68. The summed E-state index contributed by atoms with van der Waals surface area (Å²) in [5, 5.41) is 0.0119. The number of carbonyl (C=O) groups excluding carboxylic acids is 1. The van der Waals surface area contributed by atoms with Crippen molar-refractivity contribution in [3.05, 3.63) is 11.1 Å². The predicted molar refractivity (Wildman–Crippen MR) is 81.4 cm³/mol. The number of hydrogen-bond donors (Lipinski definition) is 0. The molecule has 4 heteroatoms. The van der Waals surface area contributed by atoms with Crippen LogP contribution in [0.5, 0.6) is 0 Å². The van der Waals surface area contributed by atoms with Crippen molar-refractivity contribution in [2.24, 2.45) is 4.99 Å². The smallest absolute Gasteiger partial charge is 0.219 e. The number of allylic oxidation sites excluding steroid dienone is 1. The molecule has 0 aromatic carbocycles. The van der Waals surface area contributed by atoms with Crippen LogP contribution in [0.4, 0.5) is 0 Å². The number of Topliss-reactive ketones (excluding diaryl/α,β-unsaturated/α-hetero) is 1. The summed E-state index contributed by atoms with van der Waals surface area (Å²) in [6.45, 7) is 10.3. The summed E-state index contributed by atoms with van der Waals surface area (Å²) in [5.41, 5.74) is 1.64. The summed E-state index contributed by atoms with van der Waals surface area (Å²) in [5.74, 6) is 0.473. The highest BCUT2D eigenvalue weighted by molar-refractivity contribution is 7.18. The third-order valence-corrected chi connectivity index (χ3v) is 3.65.